The number of nitrogens with one attached hydrogen (secondary N) is 2. The Bertz CT molecular complexity index is 696. The molecule has 0 bridgehead atoms. The van der Waals surface area contributed by atoms with Crippen molar-refractivity contribution in [1.29, 1.82) is 0 Å². The summed E-state index contributed by atoms with van der Waals surface area (Å²) in [6.07, 6.45) is 0. The van der Waals surface area contributed by atoms with E-state index < -0.39 is 10.0 Å². The third-order valence-corrected chi connectivity index (χ3v) is 6.60. The van der Waals surface area contributed by atoms with Crippen molar-refractivity contribution in [2.45, 2.75) is 23.7 Å². The summed E-state index contributed by atoms with van der Waals surface area (Å²) in [6.45, 7) is 2.51. The maximum absolute atomic E-state index is 12.4. The molecule has 4 nitrogen and oxygen atoms in total. The van der Waals surface area contributed by atoms with Gasteiger partial charge in [0.1, 0.15) is 4.21 Å². The van der Waals surface area contributed by atoms with Gasteiger partial charge in [0.25, 0.3) is 10.0 Å². The van der Waals surface area contributed by atoms with E-state index in [1.54, 1.807) is 6.07 Å². The highest BCUT2D eigenvalue weighted by molar-refractivity contribution is 9.10. The van der Waals surface area contributed by atoms with Gasteiger partial charge >= 0.3 is 0 Å². The molecule has 2 N–H and O–H groups in total. The largest absolute Gasteiger partial charge is 0.315 e. The number of halogens is 1. The van der Waals surface area contributed by atoms with Gasteiger partial charge < -0.3 is 5.32 Å². The first-order chi connectivity index (χ1) is 9.92. The van der Waals surface area contributed by atoms with E-state index in [1.807, 2.05) is 44.3 Å². The monoisotopic (exact) mass is 388 g/mol. The first kappa shape index (κ1) is 16.6. The third-order valence-electron chi connectivity index (χ3n) is 2.95. The minimum absolute atomic E-state index is 0.280. The Morgan fingerprint density at radius 2 is 1.86 bits per heavy atom. The Morgan fingerprint density at radius 3 is 2.48 bits per heavy atom. The highest BCUT2D eigenvalue weighted by Crippen LogP contribution is 2.24. The van der Waals surface area contributed by atoms with Gasteiger partial charge in [-0.1, -0.05) is 28.1 Å². The Balaban J connectivity index is 2.14. The molecule has 0 saturated heterocycles. The number of rotatable bonds is 6. The average molecular weight is 389 g/mol. The lowest BCUT2D eigenvalue weighted by Crippen LogP contribution is -2.26. The van der Waals surface area contributed by atoms with Crippen molar-refractivity contribution in [3.63, 3.8) is 0 Å². The van der Waals surface area contributed by atoms with Gasteiger partial charge in [0.2, 0.25) is 0 Å². The summed E-state index contributed by atoms with van der Waals surface area (Å²) >= 11 is 4.65. The van der Waals surface area contributed by atoms with Crippen molar-refractivity contribution in [2.24, 2.45) is 0 Å². The molecule has 1 aromatic carbocycles. The molecule has 0 amide bonds. The lowest BCUT2D eigenvalue weighted by atomic mass is 10.1. The number of hydrogen-bond donors (Lipinski definition) is 2. The summed E-state index contributed by atoms with van der Waals surface area (Å²) in [6, 6.07) is 10.8. The zero-order valence-electron chi connectivity index (χ0n) is 11.8. The summed E-state index contributed by atoms with van der Waals surface area (Å²) in [5.74, 6) is 0. The molecule has 0 radical (unpaired) electrons. The number of benzene rings is 1. The van der Waals surface area contributed by atoms with Crippen LogP contribution in [0.3, 0.4) is 0 Å². The lowest BCUT2D eigenvalue weighted by Gasteiger charge is -2.13. The van der Waals surface area contributed by atoms with Gasteiger partial charge in [-0.3, -0.25) is 0 Å². The predicted octanol–water partition coefficient (Wildman–Crippen LogP) is 3.27. The second kappa shape index (κ2) is 7.02. The predicted molar refractivity (Wildman–Crippen MR) is 90.0 cm³/mol. The Morgan fingerprint density at radius 1 is 1.19 bits per heavy atom. The van der Waals surface area contributed by atoms with Gasteiger partial charge in [-0.25, -0.2) is 13.1 Å². The van der Waals surface area contributed by atoms with E-state index >= 15 is 0 Å². The van der Waals surface area contributed by atoms with Crippen LogP contribution >= 0.6 is 27.3 Å². The van der Waals surface area contributed by atoms with Gasteiger partial charge in [0, 0.05) is 21.9 Å². The molecule has 114 valence electrons. The van der Waals surface area contributed by atoms with E-state index in [4.69, 9.17) is 0 Å². The second-order valence-corrected chi connectivity index (χ2v) is 8.67. The quantitative estimate of drug-likeness (QED) is 0.797. The first-order valence-corrected chi connectivity index (χ1v) is 9.53. The highest BCUT2D eigenvalue weighted by atomic mass is 79.9. The van der Waals surface area contributed by atoms with Crippen molar-refractivity contribution >= 4 is 37.3 Å². The van der Waals surface area contributed by atoms with E-state index in [9.17, 15) is 8.42 Å². The maximum Gasteiger partial charge on any atom is 0.250 e. The van der Waals surface area contributed by atoms with Crippen LogP contribution in [0, 0.1) is 0 Å². The number of sulfonamides is 1. The maximum atomic E-state index is 12.4. The SMILES string of the molecule is CNCc1ccc(S(=O)(=O)NC(C)c2ccc(Br)cc2)s1. The van der Waals surface area contributed by atoms with E-state index in [2.05, 4.69) is 26.0 Å². The highest BCUT2D eigenvalue weighted by Gasteiger charge is 2.20. The summed E-state index contributed by atoms with van der Waals surface area (Å²) < 4.78 is 28.8. The van der Waals surface area contributed by atoms with Crippen molar-refractivity contribution in [3.05, 3.63) is 51.3 Å². The van der Waals surface area contributed by atoms with Crippen LogP contribution in [0.1, 0.15) is 23.4 Å². The van der Waals surface area contributed by atoms with Crippen LogP contribution in [0.4, 0.5) is 0 Å². The minimum Gasteiger partial charge on any atom is -0.315 e. The van der Waals surface area contributed by atoms with Gasteiger partial charge in [-0.05, 0) is 43.8 Å². The fraction of sp³-hybridized carbons (Fsp3) is 0.286. The van der Waals surface area contributed by atoms with E-state index in [0.717, 1.165) is 14.9 Å². The Hall–Kier alpha value is -0.730. The standard InChI is InChI=1S/C14H17BrN2O2S2/c1-10(11-3-5-12(15)6-4-11)17-21(18,19)14-8-7-13(20-14)9-16-2/h3-8,10,16-17H,9H2,1-2H3. The molecule has 0 saturated carbocycles. The molecule has 0 spiro atoms. The summed E-state index contributed by atoms with van der Waals surface area (Å²) in [5.41, 5.74) is 0.925. The molecule has 0 aliphatic carbocycles. The fourth-order valence-corrected chi connectivity index (χ4v) is 4.76. The van der Waals surface area contributed by atoms with Crippen LogP contribution in [0.5, 0.6) is 0 Å². The van der Waals surface area contributed by atoms with Crippen molar-refractivity contribution in [1.82, 2.24) is 10.0 Å². The lowest BCUT2D eigenvalue weighted by molar-refractivity contribution is 0.569. The van der Waals surface area contributed by atoms with E-state index in [-0.39, 0.29) is 6.04 Å². The molecule has 1 atom stereocenters. The zero-order chi connectivity index (χ0) is 15.5. The van der Waals surface area contributed by atoms with Crippen LogP contribution in [-0.4, -0.2) is 15.5 Å². The fourth-order valence-electron chi connectivity index (χ4n) is 1.88. The molecular weight excluding hydrogens is 372 g/mol. The number of hydrogen-bond acceptors (Lipinski definition) is 4. The van der Waals surface area contributed by atoms with Gasteiger partial charge in [0.05, 0.1) is 0 Å². The Labute approximate surface area is 137 Å². The molecule has 2 aromatic rings. The molecule has 1 aromatic heterocycles. The second-order valence-electron chi connectivity index (χ2n) is 4.65. The zero-order valence-corrected chi connectivity index (χ0v) is 15.0. The summed E-state index contributed by atoms with van der Waals surface area (Å²) in [5, 5.41) is 3.01. The molecule has 0 aliphatic heterocycles. The van der Waals surface area contributed by atoms with Crippen LogP contribution in [0.15, 0.2) is 45.1 Å². The third kappa shape index (κ3) is 4.37. The molecule has 1 heterocycles. The molecule has 0 aliphatic rings. The molecule has 0 fully saturated rings. The van der Waals surface area contributed by atoms with Crippen molar-refractivity contribution in [2.75, 3.05) is 7.05 Å². The Kier molecular flexibility index (Phi) is 5.56. The van der Waals surface area contributed by atoms with Crippen molar-refractivity contribution in [3.8, 4) is 0 Å². The average Bonchev–Trinajstić information content (AvgIpc) is 2.89. The van der Waals surface area contributed by atoms with Gasteiger partial charge in [0.15, 0.2) is 0 Å². The molecule has 1 unspecified atom stereocenters. The van der Waals surface area contributed by atoms with Gasteiger partial charge in [-0.15, -0.1) is 11.3 Å². The summed E-state index contributed by atoms with van der Waals surface area (Å²) in [4.78, 5) is 0.995. The minimum atomic E-state index is -3.49. The van der Waals surface area contributed by atoms with E-state index in [0.29, 0.717) is 10.8 Å². The van der Waals surface area contributed by atoms with Crippen LogP contribution in [0.25, 0.3) is 0 Å². The van der Waals surface area contributed by atoms with Crippen LogP contribution in [-0.2, 0) is 16.6 Å². The molecular formula is C14H17BrN2O2S2. The molecule has 21 heavy (non-hydrogen) atoms. The molecule has 7 heteroatoms. The van der Waals surface area contributed by atoms with Crippen molar-refractivity contribution < 1.29 is 8.42 Å². The summed E-state index contributed by atoms with van der Waals surface area (Å²) in [7, 11) is -1.65. The first-order valence-electron chi connectivity index (χ1n) is 6.43. The topological polar surface area (TPSA) is 58.2 Å². The molecule has 2 rings (SSSR count). The smallest absolute Gasteiger partial charge is 0.250 e. The van der Waals surface area contributed by atoms with Crippen LogP contribution in [0.2, 0.25) is 0 Å². The van der Waals surface area contributed by atoms with Gasteiger partial charge in [-0.2, -0.15) is 0 Å². The van der Waals surface area contributed by atoms with Crippen LogP contribution < -0.4 is 10.0 Å². The number of thiophene rings is 1. The van der Waals surface area contributed by atoms with E-state index in [1.165, 1.54) is 11.3 Å². The normalized spacial score (nSPS) is 13.3.